The predicted octanol–water partition coefficient (Wildman–Crippen LogP) is 1.74. The molecular formula is C16H21N3O3S. The van der Waals surface area contributed by atoms with Crippen LogP contribution in [0.1, 0.15) is 35.1 Å². The standard InChI is InChI=1S/C16H21N3O3S/c1-4-18-10(2)7-12(11(18)3)13(20)8-19-14(21)16(17-15(19)22)5-6-23-9-16/h7H,4-6,8-9H2,1-3H3,(H,17,22)/t16-/m1/s1. The summed E-state index contributed by atoms with van der Waals surface area (Å²) in [6, 6.07) is 1.39. The van der Waals surface area contributed by atoms with E-state index in [2.05, 4.69) is 5.32 Å². The van der Waals surface area contributed by atoms with Crippen LogP contribution < -0.4 is 5.32 Å². The van der Waals surface area contributed by atoms with E-state index in [1.807, 2.05) is 31.4 Å². The topological polar surface area (TPSA) is 71.4 Å². The van der Waals surface area contributed by atoms with Gasteiger partial charge in [-0.25, -0.2) is 4.79 Å². The van der Waals surface area contributed by atoms with Gasteiger partial charge in [0.2, 0.25) is 0 Å². The lowest BCUT2D eigenvalue weighted by Gasteiger charge is -2.18. The quantitative estimate of drug-likeness (QED) is 0.672. The van der Waals surface area contributed by atoms with Crippen molar-refractivity contribution in [2.24, 2.45) is 0 Å². The maximum Gasteiger partial charge on any atom is 0.325 e. The van der Waals surface area contributed by atoms with Crippen LogP contribution in [0, 0.1) is 13.8 Å². The Bertz CT molecular complexity index is 689. The number of imide groups is 1. The van der Waals surface area contributed by atoms with E-state index in [1.165, 1.54) is 0 Å². The van der Waals surface area contributed by atoms with Crippen molar-refractivity contribution in [3.8, 4) is 0 Å². The van der Waals surface area contributed by atoms with Gasteiger partial charge < -0.3 is 9.88 Å². The fourth-order valence-corrected chi connectivity index (χ4v) is 4.78. The van der Waals surface area contributed by atoms with E-state index < -0.39 is 11.6 Å². The van der Waals surface area contributed by atoms with Crippen LogP contribution in [0.5, 0.6) is 0 Å². The number of urea groups is 1. The molecule has 0 bridgehead atoms. The zero-order chi connectivity index (χ0) is 16.8. The zero-order valence-electron chi connectivity index (χ0n) is 13.6. The fourth-order valence-electron chi connectivity index (χ4n) is 3.45. The molecule has 3 rings (SSSR count). The van der Waals surface area contributed by atoms with Gasteiger partial charge in [-0.15, -0.1) is 0 Å². The Labute approximate surface area is 139 Å². The molecule has 0 unspecified atom stereocenters. The Kier molecular flexibility index (Phi) is 4.00. The molecular weight excluding hydrogens is 314 g/mol. The van der Waals surface area contributed by atoms with Crippen LogP contribution in [-0.2, 0) is 11.3 Å². The highest BCUT2D eigenvalue weighted by Crippen LogP contribution is 2.33. The molecule has 0 saturated carbocycles. The third kappa shape index (κ3) is 2.47. The number of hydrogen-bond acceptors (Lipinski definition) is 4. The SMILES string of the molecule is CCn1c(C)cc(C(=O)CN2C(=O)N[C@@]3(CCSC3)C2=O)c1C. The van der Waals surface area contributed by atoms with Crippen molar-refractivity contribution in [3.63, 3.8) is 0 Å². The molecule has 2 aliphatic rings. The summed E-state index contributed by atoms with van der Waals surface area (Å²) in [5.74, 6) is 0.993. The molecule has 2 fully saturated rings. The third-order valence-electron chi connectivity index (χ3n) is 4.76. The minimum absolute atomic E-state index is 0.189. The Hall–Kier alpha value is -1.76. The van der Waals surface area contributed by atoms with Gasteiger partial charge in [0, 0.05) is 29.2 Å². The molecule has 23 heavy (non-hydrogen) atoms. The molecule has 1 spiro atoms. The van der Waals surface area contributed by atoms with Crippen LogP contribution in [-0.4, -0.2) is 50.8 Å². The molecule has 1 atom stereocenters. The first kappa shape index (κ1) is 16.1. The Morgan fingerprint density at radius 3 is 2.70 bits per heavy atom. The maximum atomic E-state index is 12.6. The van der Waals surface area contributed by atoms with Gasteiger partial charge in [-0.05, 0) is 39.0 Å². The fraction of sp³-hybridized carbons (Fsp3) is 0.562. The summed E-state index contributed by atoms with van der Waals surface area (Å²) in [6.07, 6.45) is 0.636. The first-order chi connectivity index (χ1) is 10.9. The van der Waals surface area contributed by atoms with Gasteiger partial charge in [-0.3, -0.25) is 14.5 Å². The summed E-state index contributed by atoms with van der Waals surface area (Å²) in [5.41, 5.74) is 1.69. The molecule has 1 aromatic rings. The second kappa shape index (κ2) is 5.70. The van der Waals surface area contributed by atoms with Crippen molar-refractivity contribution in [1.82, 2.24) is 14.8 Å². The monoisotopic (exact) mass is 335 g/mol. The first-order valence-electron chi connectivity index (χ1n) is 7.81. The molecule has 6 nitrogen and oxygen atoms in total. The lowest BCUT2D eigenvalue weighted by molar-refractivity contribution is -0.130. The molecule has 124 valence electrons. The predicted molar refractivity (Wildman–Crippen MR) is 88.8 cm³/mol. The number of carbonyl (C=O) groups is 3. The van der Waals surface area contributed by atoms with E-state index in [1.54, 1.807) is 11.8 Å². The van der Waals surface area contributed by atoms with Crippen LogP contribution >= 0.6 is 11.8 Å². The lowest BCUT2D eigenvalue weighted by Crippen LogP contribution is -2.47. The number of rotatable bonds is 4. The van der Waals surface area contributed by atoms with Crippen molar-refractivity contribution in [1.29, 1.82) is 0 Å². The molecule has 0 radical (unpaired) electrons. The molecule has 1 N–H and O–H groups in total. The minimum atomic E-state index is -0.789. The maximum absolute atomic E-state index is 12.6. The summed E-state index contributed by atoms with van der Waals surface area (Å²) in [7, 11) is 0. The third-order valence-corrected chi connectivity index (χ3v) is 5.95. The van der Waals surface area contributed by atoms with Crippen molar-refractivity contribution in [2.45, 2.75) is 39.3 Å². The van der Waals surface area contributed by atoms with E-state index in [4.69, 9.17) is 0 Å². The number of ketones is 1. The molecule has 0 aliphatic carbocycles. The van der Waals surface area contributed by atoms with Gasteiger partial charge in [0.1, 0.15) is 5.54 Å². The van der Waals surface area contributed by atoms with Crippen LogP contribution in [0.15, 0.2) is 6.07 Å². The number of amides is 3. The van der Waals surface area contributed by atoms with Crippen molar-refractivity contribution in [2.75, 3.05) is 18.1 Å². The number of Topliss-reactive ketones (excluding diaryl/α,β-unsaturated/α-hetero) is 1. The van der Waals surface area contributed by atoms with Crippen LogP contribution in [0.3, 0.4) is 0 Å². The highest BCUT2D eigenvalue weighted by Gasteiger charge is 2.53. The summed E-state index contributed by atoms with van der Waals surface area (Å²) in [5, 5.41) is 2.79. The smallest absolute Gasteiger partial charge is 0.325 e. The van der Waals surface area contributed by atoms with Gasteiger partial charge >= 0.3 is 6.03 Å². The number of nitrogens with one attached hydrogen (secondary N) is 1. The molecule has 3 heterocycles. The van der Waals surface area contributed by atoms with Gasteiger partial charge in [-0.1, -0.05) is 0 Å². The second-order valence-electron chi connectivity index (χ2n) is 6.16. The van der Waals surface area contributed by atoms with Crippen LogP contribution in [0.2, 0.25) is 0 Å². The normalized spacial score (nSPS) is 23.9. The van der Waals surface area contributed by atoms with Gasteiger partial charge in [0.25, 0.3) is 5.91 Å². The van der Waals surface area contributed by atoms with E-state index >= 15 is 0 Å². The van der Waals surface area contributed by atoms with Crippen molar-refractivity contribution < 1.29 is 14.4 Å². The summed E-state index contributed by atoms with van der Waals surface area (Å²) in [6.45, 7) is 6.46. The average molecular weight is 335 g/mol. The summed E-state index contributed by atoms with van der Waals surface area (Å²) in [4.78, 5) is 38.4. The Morgan fingerprint density at radius 2 is 2.13 bits per heavy atom. The molecule has 3 amide bonds. The van der Waals surface area contributed by atoms with Gasteiger partial charge in [0.15, 0.2) is 5.78 Å². The summed E-state index contributed by atoms with van der Waals surface area (Å²) < 4.78 is 2.05. The minimum Gasteiger partial charge on any atom is -0.349 e. The number of hydrogen-bond donors (Lipinski definition) is 1. The lowest BCUT2D eigenvalue weighted by atomic mass is 9.99. The van der Waals surface area contributed by atoms with Crippen molar-refractivity contribution in [3.05, 3.63) is 23.0 Å². The van der Waals surface area contributed by atoms with Crippen LogP contribution in [0.25, 0.3) is 0 Å². The first-order valence-corrected chi connectivity index (χ1v) is 8.97. The number of aromatic nitrogens is 1. The van der Waals surface area contributed by atoms with E-state index in [0.717, 1.165) is 28.6 Å². The molecule has 7 heteroatoms. The molecule has 2 saturated heterocycles. The number of carbonyl (C=O) groups excluding carboxylic acids is 3. The van der Waals surface area contributed by atoms with Gasteiger partial charge in [-0.2, -0.15) is 11.8 Å². The van der Waals surface area contributed by atoms with Gasteiger partial charge in [0.05, 0.1) is 6.54 Å². The van der Waals surface area contributed by atoms with Crippen LogP contribution in [0.4, 0.5) is 4.79 Å². The highest BCUT2D eigenvalue weighted by molar-refractivity contribution is 7.99. The van der Waals surface area contributed by atoms with E-state index in [0.29, 0.717) is 17.7 Å². The average Bonchev–Trinajstić information content (AvgIpc) is 3.14. The molecule has 1 aromatic heterocycles. The Morgan fingerprint density at radius 1 is 1.39 bits per heavy atom. The molecule has 0 aromatic carbocycles. The largest absolute Gasteiger partial charge is 0.349 e. The Balaban J connectivity index is 1.81. The second-order valence-corrected chi connectivity index (χ2v) is 7.26. The number of aryl methyl sites for hydroxylation is 1. The number of thioether (sulfide) groups is 1. The summed E-state index contributed by atoms with van der Waals surface area (Å²) >= 11 is 1.65. The zero-order valence-corrected chi connectivity index (χ0v) is 14.5. The van der Waals surface area contributed by atoms with E-state index in [-0.39, 0.29) is 18.2 Å². The molecule has 2 aliphatic heterocycles. The highest BCUT2D eigenvalue weighted by atomic mass is 32.2. The number of nitrogens with zero attached hydrogens (tertiary/aromatic N) is 2. The van der Waals surface area contributed by atoms with E-state index in [9.17, 15) is 14.4 Å². The van der Waals surface area contributed by atoms with Crippen molar-refractivity contribution >= 4 is 29.5 Å².